The van der Waals surface area contributed by atoms with Gasteiger partial charge in [-0.25, -0.2) is 0 Å². The summed E-state index contributed by atoms with van der Waals surface area (Å²) in [5, 5.41) is 3.27. The zero-order chi connectivity index (χ0) is 15.2. The van der Waals surface area contributed by atoms with Gasteiger partial charge in [-0.3, -0.25) is 4.79 Å². The van der Waals surface area contributed by atoms with Crippen LogP contribution in [0, 0.1) is 13.8 Å². The average Bonchev–Trinajstić information content (AvgIpc) is 2.50. The van der Waals surface area contributed by atoms with Gasteiger partial charge in [-0.15, -0.1) is 0 Å². The first kappa shape index (κ1) is 15.8. The summed E-state index contributed by atoms with van der Waals surface area (Å²) in [6.45, 7) is 10.3. The highest BCUT2D eigenvalue weighted by Crippen LogP contribution is 2.24. The molecule has 21 heavy (non-hydrogen) atoms. The first-order valence-corrected chi connectivity index (χ1v) is 7.83. The van der Waals surface area contributed by atoms with Crippen LogP contribution in [-0.2, 0) is 11.2 Å². The minimum Gasteiger partial charge on any atom is -0.494 e. The number of benzene rings is 1. The molecule has 1 aliphatic heterocycles. The molecule has 0 unspecified atom stereocenters. The lowest BCUT2D eigenvalue weighted by molar-refractivity contribution is -0.131. The number of amides is 1. The number of carbonyl (C=O) groups is 1. The van der Waals surface area contributed by atoms with Gasteiger partial charge >= 0.3 is 0 Å². The molecule has 0 spiro atoms. The van der Waals surface area contributed by atoms with Crippen molar-refractivity contribution in [1.29, 1.82) is 0 Å². The van der Waals surface area contributed by atoms with Gasteiger partial charge in [-0.2, -0.15) is 0 Å². The number of hydrogen-bond donors (Lipinski definition) is 1. The molecule has 1 fully saturated rings. The molecule has 116 valence electrons. The lowest BCUT2D eigenvalue weighted by Gasteiger charge is -2.27. The summed E-state index contributed by atoms with van der Waals surface area (Å²) in [5.41, 5.74) is 3.60. The smallest absolute Gasteiger partial charge is 0.222 e. The van der Waals surface area contributed by atoms with Crippen molar-refractivity contribution >= 4 is 5.91 Å². The lowest BCUT2D eigenvalue weighted by Crippen LogP contribution is -2.46. The van der Waals surface area contributed by atoms with E-state index in [2.05, 4.69) is 31.3 Å². The predicted molar refractivity (Wildman–Crippen MR) is 84.9 cm³/mol. The second kappa shape index (κ2) is 7.46. The Bertz CT molecular complexity index is 494. The normalized spacial score (nSPS) is 15.1. The molecule has 0 aromatic heterocycles. The van der Waals surface area contributed by atoms with Gasteiger partial charge in [-0.1, -0.05) is 6.07 Å². The van der Waals surface area contributed by atoms with E-state index in [4.69, 9.17) is 4.74 Å². The molecular formula is C17H26N2O2. The highest BCUT2D eigenvalue weighted by molar-refractivity contribution is 5.76. The number of piperazine rings is 1. The van der Waals surface area contributed by atoms with E-state index >= 15 is 0 Å². The number of nitrogens with zero attached hydrogens (tertiary/aromatic N) is 1. The van der Waals surface area contributed by atoms with Crippen molar-refractivity contribution in [2.45, 2.75) is 33.6 Å². The van der Waals surface area contributed by atoms with E-state index in [1.54, 1.807) is 0 Å². The molecule has 0 aliphatic carbocycles. The SMILES string of the molecule is CCOc1cc(C)c(CCC(=O)N2CCNCC2)cc1C. The van der Waals surface area contributed by atoms with Gasteiger partial charge in [0.05, 0.1) is 6.61 Å². The zero-order valence-corrected chi connectivity index (χ0v) is 13.4. The molecule has 1 aromatic carbocycles. The van der Waals surface area contributed by atoms with Crippen molar-refractivity contribution < 1.29 is 9.53 Å². The van der Waals surface area contributed by atoms with E-state index in [9.17, 15) is 4.79 Å². The highest BCUT2D eigenvalue weighted by Gasteiger charge is 2.16. The van der Waals surface area contributed by atoms with Crippen molar-refractivity contribution in [3.05, 3.63) is 28.8 Å². The van der Waals surface area contributed by atoms with Crippen LogP contribution in [-0.4, -0.2) is 43.6 Å². The van der Waals surface area contributed by atoms with Crippen LogP contribution in [0.5, 0.6) is 5.75 Å². The first-order chi connectivity index (χ1) is 10.1. The topological polar surface area (TPSA) is 41.6 Å². The minimum atomic E-state index is 0.266. The molecule has 0 radical (unpaired) electrons. The number of aryl methyl sites for hydroxylation is 3. The second-order valence-corrected chi connectivity index (χ2v) is 5.61. The third-order valence-electron chi connectivity index (χ3n) is 4.01. The van der Waals surface area contributed by atoms with Crippen LogP contribution in [0.15, 0.2) is 12.1 Å². The van der Waals surface area contributed by atoms with Gasteiger partial charge in [0.25, 0.3) is 0 Å². The van der Waals surface area contributed by atoms with Crippen LogP contribution < -0.4 is 10.1 Å². The summed E-state index contributed by atoms with van der Waals surface area (Å²) < 4.78 is 5.61. The molecule has 1 aliphatic rings. The Morgan fingerprint density at radius 2 is 1.95 bits per heavy atom. The van der Waals surface area contributed by atoms with E-state index in [0.717, 1.165) is 43.9 Å². The van der Waals surface area contributed by atoms with Gasteiger partial charge in [0.2, 0.25) is 5.91 Å². The van der Waals surface area contributed by atoms with Gasteiger partial charge in [0.15, 0.2) is 0 Å². The Kier molecular flexibility index (Phi) is 5.62. The molecule has 0 atom stereocenters. The molecule has 1 amide bonds. The summed E-state index contributed by atoms with van der Waals surface area (Å²) >= 11 is 0. The number of rotatable bonds is 5. The van der Waals surface area contributed by atoms with E-state index in [1.807, 2.05) is 11.8 Å². The summed E-state index contributed by atoms with van der Waals surface area (Å²) in [6.07, 6.45) is 1.40. The lowest BCUT2D eigenvalue weighted by atomic mass is 10.00. The summed E-state index contributed by atoms with van der Waals surface area (Å²) in [6, 6.07) is 4.24. The fourth-order valence-corrected chi connectivity index (χ4v) is 2.74. The van der Waals surface area contributed by atoms with Gasteiger partial charge in [0.1, 0.15) is 5.75 Å². The molecule has 0 saturated carbocycles. The quantitative estimate of drug-likeness (QED) is 0.902. The third-order valence-corrected chi connectivity index (χ3v) is 4.01. The summed E-state index contributed by atoms with van der Waals surface area (Å²) in [5.74, 6) is 1.22. The third kappa shape index (κ3) is 4.21. The maximum atomic E-state index is 12.2. The van der Waals surface area contributed by atoms with Gasteiger partial charge in [-0.05, 0) is 49.9 Å². The summed E-state index contributed by atoms with van der Waals surface area (Å²) in [4.78, 5) is 14.2. The van der Waals surface area contributed by atoms with E-state index in [0.29, 0.717) is 13.0 Å². The fourth-order valence-electron chi connectivity index (χ4n) is 2.74. The van der Waals surface area contributed by atoms with Crippen molar-refractivity contribution in [2.75, 3.05) is 32.8 Å². The molecule has 1 N–H and O–H groups in total. The minimum absolute atomic E-state index is 0.266. The highest BCUT2D eigenvalue weighted by atomic mass is 16.5. The molecule has 1 aromatic rings. The Hall–Kier alpha value is -1.55. The van der Waals surface area contributed by atoms with Crippen LogP contribution in [0.25, 0.3) is 0 Å². The number of ether oxygens (including phenoxy) is 1. The Balaban J connectivity index is 1.96. The van der Waals surface area contributed by atoms with Crippen LogP contribution in [0.2, 0.25) is 0 Å². The van der Waals surface area contributed by atoms with Crippen LogP contribution in [0.3, 0.4) is 0 Å². The molecule has 4 nitrogen and oxygen atoms in total. The largest absolute Gasteiger partial charge is 0.494 e. The molecular weight excluding hydrogens is 264 g/mol. The second-order valence-electron chi connectivity index (χ2n) is 5.61. The number of nitrogens with one attached hydrogen (secondary N) is 1. The predicted octanol–water partition coefficient (Wildman–Crippen LogP) is 2.07. The van der Waals surface area contributed by atoms with Crippen molar-refractivity contribution in [3.63, 3.8) is 0 Å². The molecule has 1 heterocycles. The first-order valence-electron chi connectivity index (χ1n) is 7.83. The fraction of sp³-hybridized carbons (Fsp3) is 0.588. The van der Waals surface area contributed by atoms with Gasteiger partial charge in [0, 0.05) is 32.6 Å². The van der Waals surface area contributed by atoms with Crippen LogP contribution >= 0.6 is 0 Å². The average molecular weight is 290 g/mol. The van der Waals surface area contributed by atoms with E-state index in [-0.39, 0.29) is 5.91 Å². The Morgan fingerprint density at radius 1 is 1.24 bits per heavy atom. The Labute approximate surface area is 127 Å². The zero-order valence-electron chi connectivity index (χ0n) is 13.4. The van der Waals surface area contributed by atoms with Gasteiger partial charge < -0.3 is 15.0 Å². The van der Waals surface area contributed by atoms with Crippen molar-refractivity contribution in [3.8, 4) is 5.75 Å². The molecule has 2 rings (SSSR count). The van der Waals surface area contributed by atoms with E-state index < -0.39 is 0 Å². The standard InChI is InChI=1S/C17H26N2O2/c1-4-21-16-12-13(2)15(11-14(16)3)5-6-17(20)19-9-7-18-8-10-19/h11-12,18H,4-10H2,1-3H3. The molecule has 0 bridgehead atoms. The molecule has 1 saturated heterocycles. The van der Waals surface area contributed by atoms with Crippen LogP contribution in [0.1, 0.15) is 30.0 Å². The van der Waals surface area contributed by atoms with Crippen LogP contribution in [0.4, 0.5) is 0 Å². The van der Waals surface area contributed by atoms with Crippen molar-refractivity contribution in [1.82, 2.24) is 10.2 Å². The van der Waals surface area contributed by atoms with Crippen molar-refractivity contribution in [2.24, 2.45) is 0 Å². The monoisotopic (exact) mass is 290 g/mol. The number of hydrogen-bond acceptors (Lipinski definition) is 3. The Morgan fingerprint density at radius 3 is 2.62 bits per heavy atom. The maximum Gasteiger partial charge on any atom is 0.222 e. The summed E-state index contributed by atoms with van der Waals surface area (Å²) in [7, 11) is 0. The maximum absolute atomic E-state index is 12.2. The number of carbonyl (C=O) groups excluding carboxylic acids is 1. The molecule has 4 heteroatoms. The van der Waals surface area contributed by atoms with E-state index in [1.165, 1.54) is 11.1 Å².